The zero-order valence-electron chi connectivity index (χ0n) is 12.5. The van der Waals surface area contributed by atoms with Crippen molar-refractivity contribution in [1.29, 1.82) is 0 Å². The van der Waals surface area contributed by atoms with Gasteiger partial charge in [-0.05, 0) is 36.9 Å². The predicted octanol–water partition coefficient (Wildman–Crippen LogP) is 3.82. The fourth-order valence-electron chi connectivity index (χ4n) is 2.26. The van der Waals surface area contributed by atoms with Gasteiger partial charge in [0.05, 0.1) is 0 Å². The van der Waals surface area contributed by atoms with Gasteiger partial charge in [-0.25, -0.2) is 8.78 Å². The third-order valence-corrected chi connectivity index (χ3v) is 3.14. The molecule has 0 saturated carbocycles. The molecule has 0 aromatic heterocycles. The minimum atomic E-state index is -2.39. The standard InChI is InChI=1S/C16H25F2NO/c1-12(2)9-13-5-4-6-14(10-13)15(19-3)7-8-20-11-16(17)18/h4-6,10,12,15-16,19H,7-9,11H2,1-3H3. The topological polar surface area (TPSA) is 21.3 Å². The van der Waals surface area contributed by atoms with Crippen molar-refractivity contribution >= 4 is 0 Å². The minimum Gasteiger partial charge on any atom is -0.375 e. The lowest BCUT2D eigenvalue weighted by molar-refractivity contribution is 0.0145. The van der Waals surface area contributed by atoms with Crippen LogP contribution >= 0.6 is 0 Å². The molecule has 1 aromatic rings. The fourth-order valence-corrected chi connectivity index (χ4v) is 2.26. The Morgan fingerprint density at radius 1 is 1.25 bits per heavy atom. The van der Waals surface area contributed by atoms with Crippen LogP contribution in [0.15, 0.2) is 24.3 Å². The maximum atomic E-state index is 12.0. The highest BCUT2D eigenvalue weighted by Gasteiger charge is 2.11. The van der Waals surface area contributed by atoms with Gasteiger partial charge in [-0.15, -0.1) is 0 Å². The quantitative estimate of drug-likeness (QED) is 0.696. The van der Waals surface area contributed by atoms with Gasteiger partial charge in [0.2, 0.25) is 0 Å². The summed E-state index contributed by atoms with van der Waals surface area (Å²) in [5.74, 6) is 0.618. The Morgan fingerprint density at radius 3 is 2.60 bits per heavy atom. The van der Waals surface area contributed by atoms with E-state index in [2.05, 4.69) is 43.4 Å². The van der Waals surface area contributed by atoms with E-state index in [9.17, 15) is 8.78 Å². The summed E-state index contributed by atoms with van der Waals surface area (Å²) in [6.45, 7) is 4.24. The molecule has 0 spiro atoms. The molecule has 2 nitrogen and oxygen atoms in total. The van der Waals surface area contributed by atoms with Crippen LogP contribution in [0.5, 0.6) is 0 Å². The first-order valence-corrected chi connectivity index (χ1v) is 7.15. The first kappa shape index (κ1) is 17.1. The van der Waals surface area contributed by atoms with Crippen LogP contribution in [0, 0.1) is 5.92 Å². The third kappa shape index (κ3) is 6.44. The van der Waals surface area contributed by atoms with Crippen molar-refractivity contribution in [2.75, 3.05) is 20.3 Å². The molecule has 0 heterocycles. The molecule has 0 aliphatic heterocycles. The van der Waals surface area contributed by atoms with Gasteiger partial charge in [-0.3, -0.25) is 0 Å². The molecular formula is C16H25F2NO. The van der Waals surface area contributed by atoms with Crippen molar-refractivity contribution in [3.05, 3.63) is 35.4 Å². The first-order chi connectivity index (χ1) is 9.52. The van der Waals surface area contributed by atoms with Crippen molar-refractivity contribution in [2.24, 2.45) is 5.92 Å². The Kier molecular flexibility index (Phi) is 7.70. The maximum Gasteiger partial charge on any atom is 0.261 e. The van der Waals surface area contributed by atoms with E-state index in [4.69, 9.17) is 4.74 Å². The van der Waals surface area contributed by atoms with Crippen LogP contribution < -0.4 is 5.32 Å². The molecule has 1 N–H and O–H groups in total. The van der Waals surface area contributed by atoms with Crippen LogP contribution in [-0.2, 0) is 11.2 Å². The second-order valence-electron chi connectivity index (χ2n) is 5.44. The molecule has 4 heteroatoms. The van der Waals surface area contributed by atoms with Crippen molar-refractivity contribution in [2.45, 2.75) is 39.2 Å². The number of rotatable bonds is 9. The summed E-state index contributed by atoms with van der Waals surface area (Å²) in [5, 5.41) is 3.22. The Hall–Kier alpha value is -1.00. The van der Waals surface area contributed by atoms with Crippen molar-refractivity contribution in [3.63, 3.8) is 0 Å². The van der Waals surface area contributed by atoms with Crippen LogP contribution in [0.4, 0.5) is 8.78 Å². The zero-order valence-corrected chi connectivity index (χ0v) is 12.5. The van der Waals surface area contributed by atoms with Gasteiger partial charge in [0.1, 0.15) is 6.61 Å². The molecule has 0 saturated heterocycles. The average molecular weight is 285 g/mol. The Morgan fingerprint density at radius 2 is 2.00 bits per heavy atom. The lowest BCUT2D eigenvalue weighted by atomic mass is 9.97. The van der Waals surface area contributed by atoms with Crippen LogP contribution in [0.2, 0.25) is 0 Å². The van der Waals surface area contributed by atoms with E-state index in [1.54, 1.807) is 0 Å². The molecule has 1 aromatic carbocycles. The number of ether oxygens (including phenoxy) is 1. The number of hydrogen-bond donors (Lipinski definition) is 1. The van der Waals surface area contributed by atoms with Crippen molar-refractivity contribution in [1.82, 2.24) is 5.32 Å². The Labute approximate surface area is 120 Å². The van der Waals surface area contributed by atoms with Crippen LogP contribution in [-0.4, -0.2) is 26.7 Å². The highest BCUT2D eigenvalue weighted by molar-refractivity contribution is 5.26. The first-order valence-electron chi connectivity index (χ1n) is 7.15. The zero-order chi connectivity index (χ0) is 15.0. The second kappa shape index (κ2) is 9.03. The molecule has 0 aliphatic carbocycles. The molecule has 114 valence electrons. The summed E-state index contributed by atoms with van der Waals surface area (Å²) in [6.07, 6.45) is -0.655. The summed E-state index contributed by atoms with van der Waals surface area (Å²) < 4.78 is 28.9. The Balaban J connectivity index is 2.55. The summed E-state index contributed by atoms with van der Waals surface area (Å²) in [7, 11) is 1.88. The molecule has 0 aliphatic rings. The molecule has 0 radical (unpaired) electrons. The number of alkyl halides is 2. The molecule has 0 amide bonds. The number of nitrogens with one attached hydrogen (secondary N) is 1. The number of benzene rings is 1. The lowest BCUT2D eigenvalue weighted by Gasteiger charge is -2.18. The minimum absolute atomic E-state index is 0.139. The van der Waals surface area contributed by atoms with Crippen LogP contribution in [0.25, 0.3) is 0 Å². The SMILES string of the molecule is CNC(CCOCC(F)F)c1cccc(CC(C)C)c1. The lowest BCUT2D eigenvalue weighted by Crippen LogP contribution is -2.19. The smallest absolute Gasteiger partial charge is 0.261 e. The molecule has 20 heavy (non-hydrogen) atoms. The van der Waals surface area contributed by atoms with Gasteiger partial charge >= 0.3 is 0 Å². The van der Waals surface area contributed by atoms with Gasteiger partial charge in [0, 0.05) is 12.6 Å². The Bertz CT molecular complexity index is 382. The maximum absolute atomic E-state index is 12.0. The molecule has 1 rings (SSSR count). The summed E-state index contributed by atoms with van der Waals surface area (Å²) in [5.41, 5.74) is 2.50. The normalized spacial score (nSPS) is 13.2. The van der Waals surface area contributed by atoms with Crippen LogP contribution in [0.3, 0.4) is 0 Å². The highest BCUT2D eigenvalue weighted by Crippen LogP contribution is 2.19. The van der Waals surface area contributed by atoms with E-state index in [1.165, 1.54) is 11.1 Å². The van der Waals surface area contributed by atoms with Gasteiger partial charge in [0.15, 0.2) is 0 Å². The number of hydrogen-bond acceptors (Lipinski definition) is 2. The highest BCUT2D eigenvalue weighted by atomic mass is 19.3. The van der Waals surface area contributed by atoms with E-state index >= 15 is 0 Å². The molecular weight excluding hydrogens is 260 g/mol. The van der Waals surface area contributed by atoms with Crippen molar-refractivity contribution in [3.8, 4) is 0 Å². The fraction of sp³-hybridized carbons (Fsp3) is 0.625. The molecule has 0 fully saturated rings. The summed E-state index contributed by atoms with van der Waals surface area (Å²) >= 11 is 0. The van der Waals surface area contributed by atoms with E-state index in [0.29, 0.717) is 18.9 Å². The van der Waals surface area contributed by atoms with E-state index in [1.807, 2.05) is 7.05 Å². The molecule has 0 bridgehead atoms. The summed E-state index contributed by atoms with van der Waals surface area (Å²) in [6, 6.07) is 8.58. The van der Waals surface area contributed by atoms with Crippen molar-refractivity contribution < 1.29 is 13.5 Å². The van der Waals surface area contributed by atoms with Crippen LogP contribution in [0.1, 0.15) is 37.4 Å². The predicted molar refractivity (Wildman–Crippen MR) is 78.2 cm³/mol. The van der Waals surface area contributed by atoms with Gasteiger partial charge in [-0.1, -0.05) is 38.1 Å². The summed E-state index contributed by atoms with van der Waals surface area (Å²) in [4.78, 5) is 0. The number of halogens is 2. The van der Waals surface area contributed by atoms with Gasteiger partial charge < -0.3 is 10.1 Å². The molecule has 1 atom stereocenters. The largest absolute Gasteiger partial charge is 0.375 e. The second-order valence-corrected chi connectivity index (χ2v) is 5.44. The molecule has 1 unspecified atom stereocenters. The van der Waals surface area contributed by atoms with E-state index in [-0.39, 0.29) is 6.04 Å². The van der Waals surface area contributed by atoms with Gasteiger partial charge in [-0.2, -0.15) is 0 Å². The van der Waals surface area contributed by atoms with Gasteiger partial charge in [0.25, 0.3) is 6.43 Å². The van der Waals surface area contributed by atoms with E-state index in [0.717, 1.165) is 6.42 Å². The monoisotopic (exact) mass is 285 g/mol. The third-order valence-electron chi connectivity index (χ3n) is 3.14. The average Bonchev–Trinajstić information content (AvgIpc) is 2.38. The van der Waals surface area contributed by atoms with E-state index < -0.39 is 13.0 Å².